The molecule has 7 heteroatoms. The summed E-state index contributed by atoms with van der Waals surface area (Å²) in [4.78, 5) is 23.4. The molecular formula is C23H24F3NO3. The molecular weight excluding hydrogens is 395 g/mol. The number of rotatable bonds is 8. The second-order valence-electron chi connectivity index (χ2n) is 7.73. The minimum Gasteiger partial charge on any atom is -0.478 e. The van der Waals surface area contributed by atoms with Gasteiger partial charge in [0.25, 0.3) is 0 Å². The van der Waals surface area contributed by atoms with E-state index in [4.69, 9.17) is 5.11 Å². The summed E-state index contributed by atoms with van der Waals surface area (Å²) in [5, 5.41) is 12.1. The predicted octanol–water partition coefficient (Wildman–Crippen LogP) is 5.43. The van der Waals surface area contributed by atoms with Gasteiger partial charge in [-0.25, -0.2) is 4.79 Å². The SMILES string of the molecule is O=C(O)c1cccc(CCC[C@H]2C(=O)CC[C@@H]2CNc2cccc(C(F)(F)F)c2)c1. The van der Waals surface area contributed by atoms with Crippen LogP contribution in [0.15, 0.2) is 48.5 Å². The van der Waals surface area contributed by atoms with E-state index in [0.29, 0.717) is 31.5 Å². The van der Waals surface area contributed by atoms with Gasteiger partial charge in [-0.15, -0.1) is 0 Å². The maximum Gasteiger partial charge on any atom is 0.416 e. The third-order valence-corrected chi connectivity index (χ3v) is 5.66. The molecule has 2 aromatic rings. The maximum atomic E-state index is 12.9. The summed E-state index contributed by atoms with van der Waals surface area (Å²) in [5.41, 5.74) is 0.857. The molecule has 1 aliphatic carbocycles. The van der Waals surface area contributed by atoms with E-state index in [9.17, 15) is 22.8 Å². The van der Waals surface area contributed by atoms with Crippen molar-refractivity contribution in [2.75, 3.05) is 11.9 Å². The average molecular weight is 419 g/mol. The molecule has 2 atom stereocenters. The first kappa shape index (κ1) is 21.9. The Morgan fingerprint density at radius 2 is 1.90 bits per heavy atom. The second-order valence-corrected chi connectivity index (χ2v) is 7.73. The Balaban J connectivity index is 1.54. The van der Waals surface area contributed by atoms with Gasteiger partial charge in [0.15, 0.2) is 0 Å². The molecule has 0 amide bonds. The lowest BCUT2D eigenvalue weighted by molar-refractivity contribution is -0.137. The Labute approximate surface area is 173 Å². The minimum absolute atomic E-state index is 0.0809. The van der Waals surface area contributed by atoms with Crippen LogP contribution >= 0.6 is 0 Å². The van der Waals surface area contributed by atoms with Crippen LogP contribution in [0.25, 0.3) is 0 Å². The predicted molar refractivity (Wildman–Crippen MR) is 107 cm³/mol. The van der Waals surface area contributed by atoms with Gasteiger partial charge in [-0.05, 0) is 67.5 Å². The molecule has 1 aliphatic rings. The standard InChI is InChI=1S/C23H24F3NO3/c24-23(25,26)18-7-3-8-19(13-18)27-14-17-10-11-21(28)20(17)9-2-5-15-4-1-6-16(12-15)22(29)30/h1,3-4,6-8,12-13,17,20,27H,2,5,9-11,14H2,(H,29,30)/t17-,20-/m1/s1. The van der Waals surface area contributed by atoms with Crippen LogP contribution in [0.2, 0.25) is 0 Å². The number of Topliss-reactive ketones (excluding diaryl/α,β-unsaturated/α-hetero) is 1. The van der Waals surface area contributed by atoms with Crippen LogP contribution in [-0.4, -0.2) is 23.4 Å². The van der Waals surface area contributed by atoms with E-state index >= 15 is 0 Å². The van der Waals surface area contributed by atoms with Crippen molar-refractivity contribution < 1.29 is 27.9 Å². The van der Waals surface area contributed by atoms with Gasteiger partial charge in [0, 0.05) is 24.6 Å². The highest BCUT2D eigenvalue weighted by atomic mass is 19.4. The highest BCUT2D eigenvalue weighted by molar-refractivity contribution is 5.87. The third-order valence-electron chi connectivity index (χ3n) is 5.66. The molecule has 0 saturated heterocycles. The number of halogens is 3. The number of carbonyl (C=O) groups is 2. The van der Waals surface area contributed by atoms with Crippen molar-refractivity contribution in [1.29, 1.82) is 0 Å². The van der Waals surface area contributed by atoms with Gasteiger partial charge in [-0.2, -0.15) is 13.2 Å². The molecule has 3 rings (SSSR count). The molecule has 4 nitrogen and oxygen atoms in total. The maximum absolute atomic E-state index is 12.9. The highest BCUT2D eigenvalue weighted by Crippen LogP contribution is 2.34. The van der Waals surface area contributed by atoms with E-state index in [-0.39, 0.29) is 23.2 Å². The molecule has 0 radical (unpaired) electrons. The molecule has 160 valence electrons. The molecule has 0 spiro atoms. The van der Waals surface area contributed by atoms with E-state index in [0.717, 1.165) is 30.5 Å². The topological polar surface area (TPSA) is 66.4 Å². The number of benzene rings is 2. The van der Waals surface area contributed by atoms with Crippen molar-refractivity contribution >= 4 is 17.4 Å². The van der Waals surface area contributed by atoms with Crippen molar-refractivity contribution in [3.63, 3.8) is 0 Å². The van der Waals surface area contributed by atoms with Gasteiger partial charge in [0.05, 0.1) is 11.1 Å². The number of alkyl halides is 3. The number of carbonyl (C=O) groups excluding carboxylic acids is 1. The third kappa shape index (κ3) is 5.62. The zero-order valence-corrected chi connectivity index (χ0v) is 16.4. The van der Waals surface area contributed by atoms with Crippen LogP contribution in [0.4, 0.5) is 18.9 Å². The minimum atomic E-state index is -4.39. The van der Waals surface area contributed by atoms with Crippen LogP contribution in [0.3, 0.4) is 0 Å². The fourth-order valence-corrected chi connectivity index (χ4v) is 4.06. The zero-order valence-electron chi connectivity index (χ0n) is 16.4. The summed E-state index contributed by atoms with van der Waals surface area (Å²) in [6.07, 6.45) is -1.05. The first-order valence-corrected chi connectivity index (χ1v) is 10.00. The van der Waals surface area contributed by atoms with Crippen molar-refractivity contribution in [2.24, 2.45) is 11.8 Å². The van der Waals surface area contributed by atoms with Gasteiger partial charge in [-0.3, -0.25) is 4.79 Å². The van der Waals surface area contributed by atoms with E-state index in [2.05, 4.69) is 5.32 Å². The Hall–Kier alpha value is -2.83. The lowest BCUT2D eigenvalue weighted by atomic mass is 9.89. The number of aromatic carboxylic acids is 1. The lowest BCUT2D eigenvalue weighted by Gasteiger charge is -2.20. The van der Waals surface area contributed by atoms with Gasteiger partial charge in [0.1, 0.15) is 5.78 Å². The normalized spacial score (nSPS) is 19.1. The van der Waals surface area contributed by atoms with Crippen molar-refractivity contribution in [1.82, 2.24) is 0 Å². The first-order chi connectivity index (χ1) is 14.2. The molecule has 0 bridgehead atoms. The summed E-state index contributed by atoms with van der Waals surface area (Å²) in [5.74, 6) is -0.808. The number of ketones is 1. The molecule has 30 heavy (non-hydrogen) atoms. The number of aryl methyl sites for hydroxylation is 1. The quantitative estimate of drug-likeness (QED) is 0.599. The van der Waals surface area contributed by atoms with Crippen LogP contribution in [0.5, 0.6) is 0 Å². The van der Waals surface area contributed by atoms with Crippen molar-refractivity contribution in [2.45, 2.75) is 38.3 Å². The Morgan fingerprint density at radius 1 is 1.13 bits per heavy atom. The Morgan fingerprint density at radius 3 is 2.63 bits per heavy atom. The van der Waals surface area contributed by atoms with Gasteiger partial charge >= 0.3 is 12.1 Å². The molecule has 2 aromatic carbocycles. The summed E-state index contributed by atoms with van der Waals surface area (Å²) in [7, 11) is 0. The highest BCUT2D eigenvalue weighted by Gasteiger charge is 2.34. The average Bonchev–Trinajstić information content (AvgIpc) is 3.06. The summed E-state index contributed by atoms with van der Waals surface area (Å²) in [6.45, 7) is 0.451. The largest absolute Gasteiger partial charge is 0.478 e. The summed E-state index contributed by atoms with van der Waals surface area (Å²) >= 11 is 0. The molecule has 0 aromatic heterocycles. The molecule has 0 unspecified atom stereocenters. The van der Waals surface area contributed by atoms with Gasteiger partial charge in [-0.1, -0.05) is 18.2 Å². The zero-order chi connectivity index (χ0) is 21.7. The van der Waals surface area contributed by atoms with Crippen molar-refractivity contribution in [3.05, 3.63) is 65.2 Å². The van der Waals surface area contributed by atoms with Crippen LogP contribution in [-0.2, 0) is 17.4 Å². The molecule has 1 saturated carbocycles. The molecule has 2 N–H and O–H groups in total. The first-order valence-electron chi connectivity index (χ1n) is 10.00. The van der Waals surface area contributed by atoms with E-state index in [1.165, 1.54) is 6.07 Å². The van der Waals surface area contributed by atoms with Gasteiger partial charge in [0.2, 0.25) is 0 Å². The Kier molecular flexibility index (Phi) is 6.80. The monoisotopic (exact) mass is 419 g/mol. The van der Waals surface area contributed by atoms with Gasteiger partial charge < -0.3 is 10.4 Å². The number of carboxylic acids is 1. The number of nitrogens with one attached hydrogen (secondary N) is 1. The molecule has 1 fully saturated rings. The van der Waals surface area contributed by atoms with Crippen LogP contribution < -0.4 is 5.32 Å². The summed E-state index contributed by atoms with van der Waals surface area (Å²) in [6, 6.07) is 11.8. The van der Waals surface area contributed by atoms with E-state index < -0.39 is 17.7 Å². The fraction of sp³-hybridized carbons (Fsp3) is 0.391. The number of hydrogen-bond acceptors (Lipinski definition) is 3. The van der Waals surface area contributed by atoms with Crippen LogP contribution in [0.1, 0.15) is 47.2 Å². The fourth-order valence-electron chi connectivity index (χ4n) is 4.06. The smallest absolute Gasteiger partial charge is 0.416 e. The van der Waals surface area contributed by atoms with Crippen molar-refractivity contribution in [3.8, 4) is 0 Å². The molecule has 0 aliphatic heterocycles. The Bertz CT molecular complexity index is 911. The van der Waals surface area contributed by atoms with Crippen LogP contribution in [0, 0.1) is 11.8 Å². The number of carboxylic acid groups (broad SMARTS) is 1. The molecule has 0 heterocycles. The lowest BCUT2D eigenvalue weighted by Crippen LogP contribution is -2.22. The number of anilines is 1. The van der Waals surface area contributed by atoms with E-state index in [1.807, 2.05) is 6.07 Å². The summed E-state index contributed by atoms with van der Waals surface area (Å²) < 4.78 is 38.6. The second kappa shape index (κ2) is 9.32. The number of hydrogen-bond donors (Lipinski definition) is 2. The van der Waals surface area contributed by atoms with E-state index in [1.54, 1.807) is 24.3 Å².